The number of thiophene rings is 1. The highest BCUT2D eigenvalue weighted by Gasteiger charge is 2.30. The van der Waals surface area contributed by atoms with E-state index in [2.05, 4.69) is 45.0 Å². The van der Waals surface area contributed by atoms with E-state index in [1.807, 2.05) is 6.26 Å². The Morgan fingerprint density at radius 3 is 2.90 bits per heavy atom. The Bertz CT molecular complexity index is 581. The van der Waals surface area contributed by atoms with Gasteiger partial charge in [0, 0.05) is 25.2 Å². The van der Waals surface area contributed by atoms with Gasteiger partial charge < -0.3 is 10.2 Å². The summed E-state index contributed by atoms with van der Waals surface area (Å²) < 4.78 is 0. The van der Waals surface area contributed by atoms with Crippen molar-refractivity contribution in [2.45, 2.75) is 37.5 Å². The summed E-state index contributed by atoms with van der Waals surface area (Å²) in [5.74, 6) is 1.96. The van der Waals surface area contributed by atoms with Crippen LogP contribution in [0.15, 0.2) is 28.0 Å². The smallest absolute Gasteiger partial charge is 0.191 e. The summed E-state index contributed by atoms with van der Waals surface area (Å²) in [6.45, 7) is 3.90. The van der Waals surface area contributed by atoms with Crippen LogP contribution in [0.4, 0.5) is 11.6 Å². The highest BCUT2D eigenvalue weighted by atomic mass is 32.2. The molecule has 1 N–H and O–H groups in total. The lowest BCUT2D eigenvalue weighted by molar-refractivity contribution is 0.764. The van der Waals surface area contributed by atoms with E-state index in [4.69, 9.17) is 4.98 Å². The molecule has 1 aliphatic rings. The van der Waals surface area contributed by atoms with Crippen LogP contribution in [-0.2, 0) is 6.54 Å². The van der Waals surface area contributed by atoms with Crippen LogP contribution in [0.25, 0.3) is 0 Å². The van der Waals surface area contributed by atoms with E-state index in [9.17, 15) is 0 Å². The van der Waals surface area contributed by atoms with Gasteiger partial charge in [-0.15, -0.1) is 0 Å². The lowest BCUT2D eigenvalue weighted by Gasteiger charge is -2.24. The maximum atomic E-state index is 4.72. The molecular formula is C15H20N4S2. The zero-order valence-corrected chi connectivity index (χ0v) is 14.0. The molecule has 0 unspecified atom stereocenters. The molecule has 0 spiro atoms. The van der Waals surface area contributed by atoms with Crippen molar-refractivity contribution in [2.24, 2.45) is 0 Å². The Balaban J connectivity index is 1.88. The van der Waals surface area contributed by atoms with Crippen LogP contribution in [0, 0.1) is 0 Å². The third kappa shape index (κ3) is 3.68. The van der Waals surface area contributed by atoms with Crippen molar-refractivity contribution in [3.05, 3.63) is 28.5 Å². The van der Waals surface area contributed by atoms with E-state index >= 15 is 0 Å². The van der Waals surface area contributed by atoms with Crippen molar-refractivity contribution < 1.29 is 0 Å². The molecule has 4 nitrogen and oxygen atoms in total. The first-order chi connectivity index (χ1) is 10.3. The summed E-state index contributed by atoms with van der Waals surface area (Å²) in [4.78, 5) is 11.7. The van der Waals surface area contributed by atoms with Crippen molar-refractivity contribution in [1.82, 2.24) is 9.97 Å². The third-order valence-electron chi connectivity index (χ3n) is 3.45. The minimum Gasteiger partial charge on any atom is -0.370 e. The second-order valence-electron chi connectivity index (χ2n) is 5.12. The van der Waals surface area contributed by atoms with Crippen LogP contribution < -0.4 is 10.2 Å². The van der Waals surface area contributed by atoms with Gasteiger partial charge >= 0.3 is 0 Å². The van der Waals surface area contributed by atoms with E-state index in [1.165, 1.54) is 18.4 Å². The average Bonchev–Trinajstić information content (AvgIpc) is 3.21. The Labute approximate surface area is 134 Å². The Hall–Kier alpha value is -1.27. The number of aromatic nitrogens is 2. The van der Waals surface area contributed by atoms with Crippen LogP contribution in [0.5, 0.6) is 0 Å². The molecule has 0 saturated heterocycles. The van der Waals surface area contributed by atoms with Gasteiger partial charge in [-0.25, -0.2) is 9.97 Å². The van der Waals surface area contributed by atoms with Crippen LogP contribution in [-0.4, -0.2) is 28.8 Å². The van der Waals surface area contributed by atoms with Gasteiger partial charge in [-0.1, -0.05) is 11.8 Å². The standard InChI is InChI=1S/C15H20N4S2/c1-3-16-13-8-14(18-15(17-13)20-2)19(12-4-5-12)9-11-6-7-21-10-11/h6-8,10,12H,3-5,9H2,1-2H3,(H,16,17,18). The van der Waals surface area contributed by atoms with Crippen molar-refractivity contribution in [3.63, 3.8) is 0 Å². The fraction of sp³-hybridized carbons (Fsp3) is 0.467. The number of rotatable bonds is 7. The van der Waals surface area contributed by atoms with Gasteiger partial charge in [0.25, 0.3) is 0 Å². The predicted molar refractivity (Wildman–Crippen MR) is 91.5 cm³/mol. The van der Waals surface area contributed by atoms with Gasteiger partial charge in [0.1, 0.15) is 11.6 Å². The predicted octanol–water partition coefficient (Wildman–Crippen LogP) is 3.86. The molecule has 0 aliphatic heterocycles. The summed E-state index contributed by atoms with van der Waals surface area (Å²) in [6, 6.07) is 4.90. The van der Waals surface area contributed by atoms with Crippen LogP contribution in [0.3, 0.4) is 0 Å². The SMILES string of the molecule is CCNc1cc(N(Cc2ccsc2)C2CC2)nc(SC)n1. The van der Waals surface area contributed by atoms with Gasteiger partial charge in [-0.3, -0.25) is 0 Å². The fourth-order valence-corrected chi connectivity index (χ4v) is 3.32. The molecule has 2 aromatic rings. The Morgan fingerprint density at radius 2 is 2.29 bits per heavy atom. The summed E-state index contributed by atoms with van der Waals surface area (Å²) >= 11 is 3.35. The number of thioether (sulfide) groups is 1. The molecule has 2 aromatic heterocycles. The van der Waals surface area contributed by atoms with E-state index in [1.54, 1.807) is 23.1 Å². The molecule has 0 amide bonds. The molecule has 3 rings (SSSR count). The molecule has 1 aliphatic carbocycles. The molecule has 1 fully saturated rings. The zero-order chi connectivity index (χ0) is 14.7. The molecule has 6 heteroatoms. The average molecular weight is 320 g/mol. The normalized spacial score (nSPS) is 14.2. The van der Waals surface area contributed by atoms with Gasteiger partial charge in [0.15, 0.2) is 5.16 Å². The van der Waals surface area contributed by atoms with Crippen molar-refractivity contribution in [1.29, 1.82) is 0 Å². The van der Waals surface area contributed by atoms with Gasteiger partial charge in [-0.2, -0.15) is 11.3 Å². The molecule has 0 bridgehead atoms. The molecule has 0 radical (unpaired) electrons. The first-order valence-electron chi connectivity index (χ1n) is 7.24. The quantitative estimate of drug-likeness (QED) is 0.620. The monoisotopic (exact) mass is 320 g/mol. The number of nitrogens with zero attached hydrogens (tertiary/aromatic N) is 3. The third-order valence-corrected chi connectivity index (χ3v) is 4.73. The second-order valence-corrected chi connectivity index (χ2v) is 6.67. The largest absolute Gasteiger partial charge is 0.370 e. The summed E-state index contributed by atoms with van der Waals surface area (Å²) in [5, 5.41) is 8.50. The zero-order valence-electron chi connectivity index (χ0n) is 12.4. The van der Waals surface area contributed by atoms with E-state index < -0.39 is 0 Å². The van der Waals surface area contributed by atoms with Crippen LogP contribution in [0.1, 0.15) is 25.3 Å². The number of hydrogen-bond donors (Lipinski definition) is 1. The Morgan fingerprint density at radius 1 is 1.43 bits per heavy atom. The maximum Gasteiger partial charge on any atom is 0.191 e. The van der Waals surface area contributed by atoms with Crippen molar-refractivity contribution in [3.8, 4) is 0 Å². The molecular weight excluding hydrogens is 300 g/mol. The molecule has 0 atom stereocenters. The highest BCUT2D eigenvalue weighted by Crippen LogP contribution is 2.33. The second kappa shape index (κ2) is 6.66. The highest BCUT2D eigenvalue weighted by molar-refractivity contribution is 7.98. The molecule has 1 saturated carbocycles. The van der Waals surface area contributed by atoms with Gasteiger partial charge in [-0.05, 0) is 48.4 Å². The summed E-state index contributed by atoms with van der Waals surface area (Å²) in [5.41, 5.74) is 1.36. The Kier molecular flexibility index (Phi) is 4.65. The summed E-state index contributed by atoms with van der Waals surface area (Å²) in [7, 11) is 0. The van der Waals surface area contributed by atoms with Crippen molar-refractivity contribution >= 4 is 34.7 Å². The van der Waals surface area contributed by atoms with Crippen LogP contribution in [0.2, 0.25) is 0 Å². The molecule has 0 aromatic carbocycles. The minimum absolute atomic E-state index is 0.629. The first kappa shape index (κ1) is 14.7. The van der Waals surface area contributed by atoms with E-state index in [0.29, 0.717) is 6.04 Å². The lowest BCUT2D eigenvalue weighted by atomic mass is 10.3. The fourth-order valence-electron chi connectivity index (χ4n) is 2.29. The topological polar surface area (TPSA) is 41.0 Å². The summed E-state index contributed by atoms with van der Waals surface area (Å²) in [6.07, 6.45) is 4.55. The van der Waals surface area contributed by atoms with Gasteiger partial charge in [0.05, 0.1) is 0 Å². The van der Waals surface area contributed by atoms with Gasteiger partial charge in [0.2, 0.25) is 0 Å². The van der Waals surface area contributed by atoms with E-state index in [-0.39, 0.29) is 0 Å². The molecule has 21 heavy (non-hydrogen) atoms. The molecule has 2 heterocycles. The maximum absolute atomic E-state index is 4.72. The number of hydrogen-bond acceptors (Lipinski definition) is 6. The van der Waals surface area contributed by atoms with Crippen LogP contribution >= 0.6 is 23.1 Å². The minimum atomic E-state index is 0.629. The first-order valence-corrected chi connectivity index (χ1v) is 9.41. The van der Waals surface area contributed by atoms with Crippen molar-refractivity contribution in [2.75, 3.05) is 23.0 Å². The number of nitrogens with one attached hydrogen (secondary N) is 1. The molecule has 112 valence electrons. The lowest BCUT2D eigenvalue weighted by Crippen LogP contribution is -2.26. The van der Waals surface area contributed by atoms with E-state index in [0.717, 1.165) is 29.9 Å². The number of anilines is 2.